The van der Waals surface area contributed by atoms with Crippen LogP contribution in [0.25, 0.3) is 11.0 Å². The van der Waals surface area contributed by atoms with E-state index in [1.165, 1.54) is 0 Å². The molecule has 1 aromatic heterocycles. The van der Waals surface area contributed by atoms with E-state index in [-0.39, 0.29) is 0 Å². The molecule has 0 aliphatic carbocycles. The van der Waals surface area contributed by atoms with Crippen molar-refractivity contribution in [1.29, 1.82) is 0 Å². The second-order valence-electron chi connectivity index (χ2n) is 6.99. The Morgan fingerprint density at radius 3 is 2.53 bits per heavy atom. The zero-order chi connectivity index (χ0) is 21.6. The third kappa shape index (κ3) is 4.04. The lowest BCUT2D eigenvalue weighted by atomic mass is 9.84. The van der Waals surface area contributed by atoms with Gasteiger partial charge in [0.2, 0.25) is 0 Å². The highest BCUT2D eigenvalue weighted by molar-refractivity contribution is 5.78. The van der Waals surface area contributed by atoms with Crippen molar-refractivity contribution in [3.8, 4) is 5.75 Å². The summed E-state index contributed by atoms with van der Waals surface area (Å²) >= 11 is 0. The van der Waals surface area contributed by atoms with Gasteiger partial charge in [0.05, 0.1) is 17.6 Å². The standard InChI is InChI=1S/C25H30N2O3/c1-5-11-19(6-2)25(28,20-12-9-8-10-13-20)24-26-22-15-14-21(30-17-16-29-4)18-23(22)27(24)7-3/h5-6,8-15,18,28H,7,16-17H2,1-4H3. The molecule has 30 heavy (non-hydrogen) atoms. The summed E-state index contributed by atoms with van der Waals surface area (Å²) in [5.41, 5.74) is 1.91. The molecule has 5 nitrogen and oxygen atoms in total. The molecule has 0 radical (unpaired) electrons. The molecule has 0 spiro atoms. The van der Waals surface area contributed by atoms with Gasteiger partial charge in [0.1, 0.15) is 12.4 Å². The summed E-state index contributed by atoms with van der Waals surface area (Å²) in [5, 5.41) is 12.1. The maximum Gasteiger partial charge on any atom is 0.172 e. The summed E-state index contributed by atoms with van der Waals surface area (Å²) in [6.07, 6.45) is 5.81. The van der Waals surface area contributed by atoms with Crippen molar-refractivity contribution in [3.63, 3.8) is 0 Å². The zero-order valence-electron chi connectivity index (χ0n) is 18.1. The SMILES string of the molecule is CC=CC(=CC)C(O)(c1ccccc1)c1nc2ccc(OCCOC)cc2n1CC. The van der Waals surface area contributed by atoms with Gasteiger partial charge in [-0.2, -0.15) is 0 Å². The number of aromatic nitrogens is 2. The molecule has 0 bridgehead atoms. The van der Waals surface area contributed by atoms with Crippen LogP contribution in [0.3, 0.4) is 0 Å². The smallest absolute Gasteiger partial charge is 0.172 e. The van der Waals surface area contributed by atoms with E-state index in [0.717, 1.165) is 27.9 Å². The number of ether oxygens (including phenoxy) is 2. The predicted octanol–water partition coefficient (Wildman–Crippen LogP) is 4.84. The Bertz CT molecular complexity index is 1040. The fourth-order valence-corrected chi connectivity index (χ4v) is 3.74. The molecule has 3 rings (SSSR count). The first-order chi connectivity index (χ1) is 14.6. The van der Waals surface area contributed by atoms with Gasteiger partial charge >= 0.3 is 0 Å². The first-order valence-corrected chi connectivity index (χ1v) is 10.3. The largest absolute Gasteiger partial charge is 0.491 e. The van der Waals surface area contributed by atoms with Crippen LogP contribution in [0.2, 0.25) is 0 Å². The van der Waals surface area contributed by atoms with Crippen LogP contribution < -0.4 is 4.74 Å². The highest BCUT2D eigenvalue weighted by atomic mass is 16.5. The third-order valence-corrected chi connectivity index (χ3v) is 5.18. The topological polar surface area (TPSA) is 56.5 Å². The molecule has 0 aliphatic heterocycles. The van der Waals surface area contributed by atoms with E-state index in [2.05, 4.69) is 11.5 Å². The summed E-state index contributed by atoms with van der Waals surface area (Å²) in [7, 11) is 1.65. The lowest BCUT2D eigenvalue weighted by molar-refractivity contribution is 0.111. The van der Waals surface area contributed by atoms with Gasteiger partial charge in [-0.3, -0.25) is 0 Å². The molecule has 5 heteroatoms. The molecule has 1 heterocycles. The average molecular weight is 407 g/mol. The molecule has 1 N–H and O–H groups in total. The zero-order valence-corrected chi connectivity index (χ0v) is 18.1. The second kappa shape index (κ2) is 9.74. The Labute approximate surface area is 178 Å². The van der Waals surface area contributed by atoms with Crippen molar-refractivity contribution in [2.75, 3.05) is 20.3 Å². The first-order valence-electron chi connectivity index (χ1n) is 10.3. The number of allylic oxidation sites excluding steroid dienone is 2. The van der Waals surface area contributed by atoms with E-state index >= 15 is 0 Å². The Morgan fingerprint density at radius 2 is 1.90 bits per heavy atom. The lowest BCUT2D eigenvalue weighted by Gasteiger charge is -2.30. The number of imidazole rings is 1. The fourth-order valence-electron chi connectivity index (χ4n) is 3.74. The van der Waals surface area contributed by atoms with Crippen LogP contribution in [0.5, 0.6) is 5.75 Å². The van der Waals surface area contributed by atoms with E-state index in [4.69, 9.17) is 14.5 Å². The minimum Gasteiger partial charge on any atom is -0.491 e. The van der Waals surface area contributed by atoms with Gasteiger partial charge in [0.25, 0.3) is 0 Å². The normalized spacial score (nSPS) is 14.4. The molecule has 1 atom stereocenters. The van der Waals surface area contributed by atoms with Gasteiger partial charge in [-0.25, -0.2) is 4.98 Å². The highest BCUT2D eigenvalue weighted by Gasteiger charge is 2.39. The number of hydrogen-bond donors (Lipinski definition) is 1. The van der Waals surface area contributed by atoms with E-state index < -0.39 is 5.60 Å². The van der Waals surface area contributed by atoms with E-state index in [1.807, 2.05) is 80.6 Å². The summed E-state index contributed by atoms with van der Waals surface area (Å²) in [6, 6.07) is 15.5. The molecule has 1 unspecified atom stereocenters. The van der Waals surface area contributed by atoms with Crippen LogP contribution in [0.15, 0.2) is 72.3 Å². The van der Waals surface area contributed by atoms with Crippen LogP contribution in [0.4, 0.5) is 0 Å². The number of rotatable bonds is 9. The van der Waals surface area contributed by atoms with Crippen LogP contribution in [-0.2, 0) is 16.9 Å². The van der Waals surface area contributed by atoms with Gasteiger partial charge < -0.3 is 19.1 Å². The summed E-state index contributed by atoms with van der Waals surface area (Å²) in [6.45, 7) is 7.60. The van der Waals surface area contributed by atoms with E-state index in [9.17, 15) is 5.11 Å². The number of benzene rings is 2. The quantitative estimate of drug-likeness (QED) is 0.408. The number of fused-ring (bicyclic) bond motifs is 1. The molecule has 0 amide bonds. The number of aliphatic hydroxyl groups is 1. The maximum absolute atomic E-state index is 12.1. The van der Waals surface area contributed by atoms with Crippen molar-refractivity contribution in [2.24, 2.45) is 0 Å². The van der Waals surface area contributed by atoms with E-state index in [1.54, 1.807) is 7.11 Å². The Morgan fingerprint density at radius 1 is 1.13 bits per heavy atom. The van der Waals surface area contributed by atoms with Crippen molar-refractivity contribution in [2.45, 2.75) is 32.9 Å². The fraction of sp³-hybridized carbons (Fsp3) is 0.320. The molecule has 158 valence electrons. The number of hydrogen-bond acceptors (Lipinski definition) is 4. The number of nitrogens with zero attached hydrogens (tertiary/aromatic N) is 2. The van der Waals surface area contributed by atoms with Gasteiger partial charge in [0, 0.05) is 19.7 Å². The summed E-state index contributed by atoms with van der Waals surface area (Å²) in [4.78, 5) is 4.88. The maximum atomic E-state index is 12.1. The molecular formula is C25H30N2O3. The van der Waals surface area contributed by atoms with Gasteiger partial charge in [-0.05, 0) is 44.0 Å². The second-order valence-corrected chi connectivity index (χ2v) is 6.99. The molecule has 0 aliphatic rings. The van der Waals surface area contributed by atoms with Crippen molar-refractivity contribution in [3.05, 3.63) is 83.7 Å². The molecule has 0 fully saturated rings. The van der Waals surface area contributed by atoms with Gasteiger partial charge in [0.15, 0.2) is 11.4 Å². The third-order valence-electron chi connectivity index (χ3n) is 5.18. The van der Waals surface area contributed by atoms with Crippen LogP contribution in [-0.4, -0.2) is 35.0 Å². The Kier molecular flexibility index (Phi) is 7.08. The number of aryl methyl sites for hydroxylation is 1. The van der Waals surface area contributed by atoms with Crippen LogP contribution in [0.1, 0.15) is 32.2 Å². The van der Waals surface area contributed by atoms with Crippen molar-refractivity contribution >= 4 is 11.0 Å². The Hall–Kier alpha value is -2.89. The molecule has 0 saturated carbocycles. The predicted molar refractivity (Wildman–Crippen MR) is 121 cm³/mol. The van der Waals surface area contributed by atoms with Crippen LogP contribution in [0, 0.1) is 0 Å². The van der Waals surface area contributed by atoms with Crippen molar-refractivity contribution in [1.82, 2.24) is 9.55 Å². The lowest BCUT2D eigenvalue weighted by Crippen LogP contribution is -2.33. The van der Waals surface area contributed by atoms with Crippen LogP contribution >= 0.6 is 0 Å². The summed E-state index contributed by atoms with van der Waals surface area (Å²) in [5.74, 6) is 1.34. The number of methoxy groups -OCH3 is 1. The molecule has 2 aromatic carbocycles. The summed E-state index contributed by atoms with van der Waals surface area (Å²) < 4.78 is 12.9. The highest BCUT2D eigenvalue weighted by Crippen LogP contribution is 2.39. The van der Waals surface area contributed by atoms with Gasteiger partial charge in [-0.1, -0.05) is 48.6 Å². The minimum atomic E-state index is -1.38. The average Bonchev–Trinajstić information content (AvgIpc) is 3.16. The Balaban J connectivity index is 2.22. The molecular weight excluding hydrogens is 376 g/mol. The molecule has 3 aromatic rings. The molecule has 0 saturated heterocycles. The minimum absolute atomic E-state index is 0.479. The van der Waals surface area contributed by atoms with E-state index in [0.29, 0.717) is 25.6 Å². The monoisotopic (exact) mass is 406 g/mol. The van der Waals surface area contributed by atoms with Gasteiger partial charge in [-0.15, -0.1) is 0 Å². The first kappa shape index (κ1) is 21.8. The van der Waals surface area contributed by atoms with Crippen molar-refractivity contribution < 1.29 is 14.6 Å².